The third kappa shape index (κ3) is 4.26. The lowest BCUT2D eigenvalue weighted by Gasteiger charge is -2.36. The molecule has 16 heavy (non-hydrogen) atoms. The van der Waals surface area contributed by atoms with E-state index in [-0.39, 0.29) is 10.8 Å². The first kappa shape index (κ1) is 15.0. The van der Waals surface area contributed by atoms with Gasteiger partial charge in [0.25, 0.3) is 0 Å². The second-order valence-electron chi connectivity index (χ2n) is 6.13. The van der Waals surface area contributed by atoms with Gasteiger partial charge in [0.2, 0.25) is 0 Å². The zero-order valence-electron chi connectivity index (χ0n) is 11.8. The number of rotatable bonds is 5. The molecule has 0 aromatic rings. The maximum absolute atomic E-state index is 5.63. The third-order valence-corrected chi connectivity index (χ3v) is 3.51. The highest BCUT2D eigenvalue weighted by Crippen LogP contribution is 2.42. The van der Waals surface area contributed by atoms with Gasteiger partial charge in [-0.2, -0.15) is 0 Å². The summed E-state index contributed by atoms with van der Waals surface area (Å²) in [6.45, 7) is 21.0. The van der Waals surface area contributed by atoms with Crippen LogP contribution >= 0.6 is 0 Å². The van der Waals surface area contributed by atoms with Crippen LogP contribution in [0.4, 0.5) is 0 Å². The molecule has 0 aliphatic heterocycles. The molecule has 0 spiro atoms. The van der Waals surface area contributed by atoms with Crippen molar-refractivity contribution in [1.29, 1.82) is 0 Å². The molecule has 0 atom stereocenters. The molecule has 0 radical (unpaired) electrons. The maximum Gasteiger partial charge on any atom is 0.0240 e. The Morgan fingerprint density at radius 1 is 1.06 bits per heavy atom. The van der Waals surface area contributed by atoms with E-state index in [0.717, 1.165) is 6.42 Å². The van der Waals surface area contributed by atoms with Crippen LogP contribution in [0.2, 0.25) is 0 Å². The van der Waals surface area contributed by atoms with Crippen LogP contribution in [-0.4, -0.2) is 0 Å². The fraction of sp³-hybridized carbons (Fsp3) is 0.600. The molecule has 1 heteroatoms. The lowest BCUT2D eigenvalue weighted by atomic mass is 9.69. The van der Waals surface area contributed by atoms with Crippen molar-refractivity contribution in [2.75, 3.05) is 0 Å². The Hall–Kier alpha value is -0.980. The van der Waals surface area contributed by atoms with Crippen LogP contribution in [0.3, 0.4) is 0 Å². The minimum absolute atomic E-state index is 0.116. The molecular weight excluding hydrogens is 194 g/mol. The summed E-state index contributed by atoms with van der Waals surface area (Å²) in [5, 5.41) is 0. The molecule has 92 valence electrons. The van der Waals surface area contributed by atoms with Crippen LogP contribution < -0.4 is 5.73 Å². The standard InChI is InChI=1S/C15H27N/c1-11(2)14(5,6)10-15(7,8)12(3)9-13(4)16/h9H,1,4,10,16H2,2-3,5-8H3/b12-9+. The lowest BCUT2D eigenvalue weighted by Crippen LogP contribution is -2.25. The summed E-state index contributed by atoms with van der Waals surface area (Å²) < 4.78 is 0. The van der Waals surface area contributed by atoms with Gasteiger partial charge in [-0.25, -0.2) is 0 Å². The van der Waals surface area contributed by atoms with E-state index in [0.29, 0.717) is 5.70 Å². The van der Waals surface area contributed by atoms with Gasteiger partial charge in [0.1, 0.15) is 0 Å². The van der Waals surface area contributed by atoms with Gasteiger partial charge in [-0.15, -0.1) is 0 Å². The quantitative estimate of drug-likeness (QED) is 0.539. The van der Waals surface area contributed by atoms with Crippen LogP contribution in [0.1, 0.15) is 48.0 Å². The summed E-state index contributed by atoms with van der Waals surface area (Å²) in [7, 11) is 0. The van der Waals surface area contributed by atoms with E-state index < -0.39 is 0 Å². The van der Waals surface area contributed by atoms with Crippen molar-refractivity contribution in [2.24, 2.45) is 16.6 Å². The Balaban J connectivity index is 4.96. The maximum atomic E-state index is 5.63. The van der Waals surface area contributed by atoms with E-state index in [1.54, 1.807) is 0 Å². The van der Waals surface area contributed by atoms with E-state index in [9.17, 15) is 0 Å². The van der Waals surface area contributed by atoms with Gasteiger partial charge in [-0.05, 0) is 37.2 Å². The van der Waals surface area contributed by atoms with E-state index >= 15 is 0 Å². The monoisotopic (exact) mass is 221 g/mol. The highest BCUT2D eigenvalue weighted by Gasteiger charge is 2.30. The summed E-state index contributed by atoms with van der Waals surface area (Å²) in [5.41, 5.74) is 9.01. The Morgan fingerprint density at radius 2 is 1.50 bits per heavy atom. The normalized spacial score (nSPS) is 13.8. The van der Waals surface area contributed by atoms with Crippen molar-refractivity contribution in [1.82, 2.24) is 0 Å². The molecule has 1 nitrogen and oxygen atoms in total. The molecule has 0 aliphatic rings. The van der Waals surface area contributed by atoms with Gasteiger partial charge in [0.05, 0.1) is 0 Å². The molecule has 0 aromatic carbocycles. The fourth-order valence-electron chi connectivity index (χ4n) is 1.87. The molecule has 0 heterocycles. The highest BCUT2D eigenvalue weighted by atomic mass is 14.5. The fourth-order valence-corrected chi connectivity index (χ4v) is 1.87. The second kappa shape index (κ2) is 4.90. The molecule has 0 rings (SSSR count). The predicted octanol–water partition coefficient (Wildman–Crippen LogP) is 4.42. The first-order valence-electron chi connectivity index (χ1n) is 5.78. The van der Waals surface area contributed by atoms with Crippen LogP contribution in [-0.2, 0) is 0 Å². The van der Waals surface area contributed by atoms with Gasteiger partial charge >= 0.3 is 0 Å². The molecule has 0 aliphatic carbocycles. The number of nitrogens with two attached hydrogens (primary N) is 1. The third-order valence-electron chi connectivity index (χ3n) is 3.51. The van der Waals surface area contributed by atoms with Crippen LogP contribution in [0.5, 0.6) is 0 Å². The molecule has 0 saturated carbocycles. The van der Waals surface area contributed by atoms with Crippen LogP contribution in [0, 0.1) is 10.8 Å². The molecular formula is C15H27N. The van der Waals surface area contributed by atoms with Crippen molar-refractivity contribution in [3.05, 3.63) is 36.1 Å². The van der Waals surface area contributed by atoms with E-state index in [1.165, 1.54) is 11.1 Å². The van der Waals surface area contributed by atoms with Gasteiger partial charge in [0.15, 0.2) is 0 Å². The van der Waals surface area contributed by atoms with Gasteiger partial charge in [0, 0.05) is 5.70 Å². The number of allylic oxidation sites excluding steroid dienone is 3. The molecule has 0 unspecified atom stereocenters. The summed E-state index contributed by atoms with van der Waals surface area (Å²) in [6.07, 6.45) is 3.03. The molecule has 0 amide bonds. The van der Waals surface area contributed by atoms with Crippen molar-refractivity contribution >= 4 is 0 Å². The molecule has 2 N–H and O–H groups in total. The molecule has 0 saturated heterocycles. The Kier molecular flexibility index (Phi) is 4.60. The average Bonchev–Trinajstić information content (AvgIpc) is 2.00. The van der Waals surface area contributed by atoms with Crippen molar-refractivity contribution in [3.63, 3.8) is 0 Å². The Bertz CT molecular complexity index is 316. The lowest BCUT2D eigenvalue weighted by molar-refractivity contribution is 0.267. The average molecular weight is 221 g/mol. The molecule has 0 aromatic heterocycles. The van der Waals surface area contributed by atoms with Crippen molar-refractivity contribution in [3.8, 4) is 0 Å². The second-order valence-corrected chi connectivity index (χ2v) is 6.13. The first-order chi connectivity index (χ1) is 6.99. The van der Waals surface area contributed by atoms with E-state index in [4.69, 9.17) is 5.73 Å². The van der Waals surface area contributed by atoms with Gasteiger partial charge in [-0.3, -0.25) is 0 Å². The zero-order valence-corrected chi connectivity index (χ0v) is 11.8. The van der Waals surface area contributed by atoms with Crippen LogP contribution in [0.15, 0.2) is 36.1 Å². The van der Waals surface area contributed by atoms with Crippen LogP contribution in [0.25, 0.3) is 0 Å². The highest BCUT2D eigenvalue weighted by molar-refractivity contribution is 5.22. The smallest absolute Gasteiger partial charge is 0.0240 e. The van der Waals surface area contributed by atoms with Gasteiger partial charge in [-0.1, -0.05) is 52.0 Å². The topological polar surface area (TPSA) is 26.0 Å². The van der Waals surface area contributed by atoms with Gasteiger partial charge < -0.3 is 5.73 Å². The Labute approximate surface area is 101 Å². The molecule has 0 fully saturated rings. The van der Waals surface area contributed by atoms with Crippen molar-refractivity contribution < 1.29 is 0 Å². The Morgan fingerprint density at radius 3 is 1.81 bits per heavy atom. The minimum atomic E-state index is 0.116. The SMILES string of the molecule is C=C(N)/C=C(\C)C(C)(C)CC(C)(C)C(=C)C. The first-order valence-corrected chi connectivity index (χ1v) is 5.78. The summed E-state index contributed by atoms with van der Waals surface area (Å²) in [4.78, 5) is 0. The molecule has 0 bridgehead atoms. The summed E-state index contributed by atoms with van der Waals surface area (Å²) in [6, 6.07) is 0. The van der Waals surface area contributed by atoms with E-state index in [2.05, 4.69) is 54.7 Å². The van der Waals surface area contributed by atoms with Crippen molar-refractivity contribution in [2.45, 2.75) is 48.0 Å². The summed E-state index contributed by atoms with van der Waals surface area (Å²) in [5.74, 6) is 0. The summed E-state index contributed by atoms with van der Waals surface area (Å²) >= 11 is 0. The minimum Gasteiger partial charge on any atom is -0.399 e. The zero-order chi connectivity index (χ0) is 13.1. The predicted molar refractivity (Wildman–Crippen MR) is 74.1 cm³/mol. The number of hydrogen-bond donors (Lipinski definition) is 1. The van der Waals surface area contributed by atoms with E-state index in [1.807, 2.05) is 6.08 Å². The largest absolute Gasteiger partial charge is 0.399 e. The number of hydrogen-bond acceptors (Lipinski definition) is 1.